The van der Waals surface area contributed by atoms with Gasteiger partial charge in [0.1, 0.15) is 5.54 Å². The highest BCUT2D eigenvalue weighted by molar-refractivity contribution is 7.74. The summed E-state index contributed by atoms with van der Waals surface area (Å²) in [5.41, 5.74) is 4.64. The van der Waals surface area contributed by atoms with Gasteiger partial charge < -0.3 is 20.5 Å². The molecule has 0 aromatic heterocycles. The summed E-state index contributed by atoms with van der Waals surface area (Å²) >= 11 is 0. The van der Waals surface area contributed by atoms with E-state index in [9.17, 15) is 18.0 Å². The minimum absolute atomic E-state index is 0.0351. The first kappa shape index (κ1) is 20.1. The largest absolute Gasteiger partial charge is 0.454 e. The predicted octanol–water partition coefficient (Wildman–Crippen LogP) is 1.08. The highest BCUT2D eigenvalue weighted by Gasteiger charge is 2.61. The Morgan fingerprint density at radius 3 is 2.38 bits per heavy atom. The minimum atomic E-state index is -3.04. The zero-order valence-corrected chi connectivity index (χ0v) is 18.5. The van der Waals surface area contributed by atoms with Crippen LogP contribution >= 0.6 is 0 Å². The number of anilines is 1. The van der Waals surface area contributed by atoms with Crippen LogP contribution in [0.5, 0.6) is 11.5 Å². The molecule has 1 aliphatic heterocycles. The van der Waals surface area contributed by atoms with Crippen LogP contribution in [0, 0.1) is 23.2 Å². The molecule has 3 N–H and O–H groups in total. The number of nitrogens with two attached hydrogens (primary N) is 1. The lowest BCUT2D eigenvalue weighted by atomic mass is 9.47. The lowest BCUT2D eigenvalue weighted by molar-refractivity contribution is -0.147. The van der Waals surface area contributed by atoms with E-state index in [0.29, 0.717) is 35.9 Å². The van der Waals surface area contributed by atoms with Gasteiger partial charge in [-0.25, -0.2) is 8.42 Å². The normalized spacial score (nSPS) is 35.0. The van der Waals surface area contributed by atoms with E-state index in [1.165, 1.54) is 4.31 Å². The van der Waals surface area contributed by atoms with Crippen molar-refractivity contribution in [3.63, 3.8) is 0 Å². The smallest absolute Gasteiger partial charge is 0.247 e. The molecule has 2 amide bonds. The number of hydrogen-bond acceptors (Lipinski definition) is 6. The Labute approximate surface area is 187 Å². The van der Waals surface area contributed by atoms with E-state index in [0.717, 1.165) is 32.1 Å². The van der Waals surface area contributed by atoms with E-state index >= 15 is 0 Å². The molecule has 1 aromatic carbocycles. The molecule has 4 bridgehead atoms. The van der Waals surface area contributed by atoms with E-state index in [2.05, 4.69) is 5.32 Å². The Bertz CT molecular complexity index is 1060. The highest BCUT2D eigenvalue weighted by Crippen LogP contribution is 2.60. The Balaban J connectivity index is 1.25. The van der Waals surface area contributed by atoms with Crippen molar-refractivity contribution in [1.29, 1.82) is 0 Å². The molecule has 172 valence electrons. The second-order valence-electron chi connectivity index (χ2n) is 10.2. The molecule has 5 fully saturated rings. The molecule has 9 nitrogen and oxygen atoms in total. The Morgan fingerprint density at radius 1 is 1.06 bits per heavy atom. The highest BCUT2D eigenvalue weighted by atomic mass is 32.2. The van der Waals surface area contributed by atoms with Crippen molar-refractivity contribution in [2.24, 2.45) is 28.9 Å². The predicted molar refractivity (Wildman–Crippen MR) is 114 cm³/mol. The zero-order chi connectivity index (χ0) is 22.3. The number of carbonyl (C=O) groups is 2. The van der Waals surface area contributed by atoms with E-state index in [-0.39, 0.29) is 36.5 Å². The fourth-order valence-electron chi connectivity index (χ4n) is 7.02. The molecule has 6 aliphatic rings. The molecule has 32 heavy (non-hydrogen) atoms. The fourth-order valence-corrected chi connectivity index (χ4v) is 7.93. The number of thiol groups is 1. The summed E-state index contributed by atoms with van der Waals surface area (Å²) in [4.78, 5) is 25.7. The van der Waals surface area contributed by atoms with Crippen LogP contribution in [0.15, 0.2) is 18.2 Å². The molecule has 10 heteroatoms. The molecule has 0 spiro atoms. The van der Waals surface area contributed by atoms with Crippen LogP contribution < -0.4 is 24.8 Å². The molecule has 2 atom stereocenters. The van der Waals surface area contributed by atoms with Gasteiger partial charge in [0.25, 0.3) is 0 Å². The van der Waals surface area contributed by atoms with Gasteiger partial charge in [-0.15, -0.1) is 0 Å². The number of primary amides is 1. The third-order valence-electron chi connectivity index (χ3n) is 8.41. The van der Waals surface area contributed by atoms with Crippen LogP contribution in [0.25, 0.3) is 0 Å². The number of nitrogens with one attached hydrogen (secondary N) is 1. The van der Waals surface area contributed by atoms with Crippen LogP contribution in [0.2, 0.25) is 0 Å². The van der Waals surface area contributed by atoms with Crippen molar-refractivity contribution in [2.75, 3.05) is 11.1 Å². The van der Waals surface area contributed by atoms with Crippen molar-refractivity contribution >= 4 is 28.4 Å². The molecule has 0 radical (unpaired) electrons. The third kappa shape index (κ3) is 2.84. The number of benzene rings is 1. The SMILES string of the molecule is NC(=O)C12CC3CC(C1)C(NC(=O)C1(N(c4ccc5c(c4)OCO5)[SH](=O)=O)CC1)C(C3)C2. The summed E-state index contributed by atoms with van der Waals surface area (Å²) in [6.07, 6.45) is 5.22. The van der Waals surface area contributed by atoms with Crippen LogP contribution in [-0.4, -0.2) is 38.6 Å². The topological polar surface area (TPSA) is 128 Å². The molecule has 0 saturated heterocycles. The lowest BCUT2D eigenvalue weighted by Gasteiger charge is -2.59. The molecular formula is C22H27N3O6S. The molecule has 7 rings (SSSR count). The average molecular weight is 462 g/mol. The maximum Gasteiger partial charge on any atom is 0.247 e. The lowest BCUT2D eigenvalue weighted by Crippen LogP contribution is -2.64. The Hall–Kier alpha value is -2.49. The first-order valence-electron chi connectivity index (χ1n) is 11.3. The number of fused-ring (bicyclic) bond motifs is 1. The van der Waals surface area contributed by atoms with Crippen LogP contribution in [0.3, 0.4) is 0 Å². The number of nitrogens with zero attached hydrogens (tertiary/aromatic N) is 1. The van der Waals surface area contributed by atoms with E-state index < -0.39 is 21.8 Å². The molecule has 2 unspecified atom stereocenters. The summed E-state index contributed by atoms with van der Waals surface area (Å²) in [7, 11) is -3.04. The van der Waals surface area contributed by atoms with Crippen LogP contribution in [0.1, 0.15) is 44.9 Å². The van der Waals surface area contributed by atoms with Crippen molar-refractivity contribution in [3.05, 3.63) is 18.2 Å². The first-order valence-corrected chi connectivity index (χ1v) is 12.4. The molecular weight excluding hydrogens is 434 g/mol. The van der Waals surface area contributed by atoms with Crippen LogP contribution in [0.4, 0.5) is 5.69 Å². The van der Waals surface area contributed by atoms with E-state index in [4.69, 9.17) is 15.2 Å². The van der Waals surface area contributed by atoms with Crippen molar-refractivity contribution in [2.45, 2.75) is 56.5 Å². The van der Waals surface area contributed by atoms with Gasteiger partial charge in [0.05, 0.1) is 5.69 Å². The number of hydrogen-bond donors (Lipinski definition) is 3. The number of carbonyl (C=O) groups excluding carboxylic acids is 2. The van der Waals surface area contributed by atoms with Gasteiger partial charge in [-0.1, -0.05) is 0 Å². The molecule has 5 aliphatic carbocycles. The van der Waals surface area contributed by atoms with Crippen molar-refractivity contribution < 1.29 is 27.5 Å². The fraction of sp³-hybridized carbons (Fsp3) is 0.636. The Kier molecular flexibility index (Phi) is 4.25. The minimum Gasteiger partial charge on any atom is -0.454 e. The molecule has 5 saturated carbocycles. The summed E-state index contributed by atoms with van der Waals surface area (Å²) in [5, 5.41) is 3.22. The van der Waals surface area contributed by atoms with Gasteiger partial charge in [-0.3, -0.25) is 13.9 Å². The van der Waals surface area contributed by atoms with Crippen molar-refractivity contribution in [1.82, 2.24) is 5.32 Å². The van der Waals surface area contributed by atoms with Gasteiger partial charge in [0, 0.05) is 17.5 Å². The quantitative estimate of drug-likeness (QED) is 0.544. The van der Waals surface area contributed by atoms with E-state index in [1.807, 2.05) is 0 Å². The summed E-state index contributed by atoms with van der Waals surface area (Å²) in [6.45, 7) is 0.0895. The van der Waals surface area contributed by atoms with Gasteiger partial charge >= 0.3 is 0 Å². The van der Waals surface area contributed by atoms with Gasteiger partial charge in [-0.05, 0) is 74.8 Å². The maximum atomic E-state index is 13.5. The second kappa shape index (κ2) is 6.76. The molecule has 1 heterocycles. The average Bonchev–Trinajstić information content (AvgIpc) is 3.39. The number of rotatable bonds is 6. The van der Waals surface area contributed by atoms with E-state index in [1.54, 1.807) is 18.2 Å². The van der Waals surface area contributed by atoms with Gasteiger partial charge in [-0.2, -0.15) is 0 Å². The maximum absolute atomic E-state index is 13.5. The van der Waals surface area contributed by atoms with Gasteiger partial charge in [0.15, 0.2) is 11.5 Å². The zero-order valence-electron chi connectivity index (χ0n) is 17.6. The summed E-state index contributed by atoms with van der Waals surface area (Å²) in [5.74, 6) is 1.49. The number of ether oxygens (including phenoxy) is 2. The second-order valence-corrected chi connectivity index (χ2v) is 11.1. The third-order valence-corrected chi connectivity index (χ3v) is 9.35. The summed E-state index contributed by atoms with van der Waals surface area (Å²) < 4.78 is 36.5. The summed E-state index contributed by atoms with van der Waals surface area (Å²) in [6, 6.07) is 4.89. The van der Waals surface area contributed by atoms with Crippen molar-refractivity contribution in [3.8, 4) is 11.5 Å². The molecule has 1 aromatic rings. The first-order chi connectivity index (χ1) is 15.3. The van der Waals surface area contributed by atoms with Crippen LogP contribution in [-0.2, 0) is 20.5 Å². The number of amides is 2. The standard InChI is InChI=1S/C22H27N3O6S/c23-19(26)21-8-12-5-13(9-21)18(14(6-12)10-21)24-20(27)22(3-4-22)25(32(28)29)15-1-2-16-17(7-15)31-11-30-16/h1-2,7,12-14,18,32H,3-6,8-11H2,(H2,23,26)(H,24,27). The monoisotopic (exact) mass is 461 g/mol. The van der Waals surface area contributed by atoms with Gasteiger partial charge in [0.2, 0.25) is 29.5 Å². The Morgan fingerprint density at radius 2 is 1.75 bits per heavy atom.